The molecule has 3 rings (SSSR count). The van der Waals surface area contributed by atoms with Crippen LogP contribution in [0.1, 0.15) is 32.0 Å². The molecule has 0 radical (unpaired) electrons. The number of rotatable bonds is 6. The van der Waals surface area contributed by atoms with E-state index in [0.717, 1.165) is 42.5 Å². The van der Waals surface area contributed by atoms with Gasteiger partial charge in [-0.1, -0.05) is 12.1 Å². The van der Waals surface area contributed by atoms with Gasteiger partial charge in [0.1, 0.15) is 5.82 Å². The smallest absolute Gasteiger partial charge is 0.409 e. The average molecular weight is 358 g/mol. The predicted molar refractivity (Wildman–Crippen MR) is 98.7 cm³/mol. The Morgan fingerprint density at radius 3 is 3.04 bits per heavy atom. The number of carbonyl (C=O) groups excluding carboxylic acids is 2. The number of carbonyl (C=O) groups is 2. The summed E-state index contributed by atoms with van der Waals surface area (Å²) in [6, 6.07) is 7.94. The van der Waals surface area contributed by atoms with Gasteiger partial charge in [0.15, 0.2) is 0 Å². The number of aromatic nitrogens is 2. The zero-order valence-electron chi connectivity index (χ0n) is 15.2. The van der Waals surface area contributed by atoms with Gasteiger partial charge in [-0.3, -0.25) is 4.79 Å². The van der Waals surface area contributed by atoms with E-state index in [1.165, 1.54) is 0 Å². The maximum absolute atomic E-state index is 12.4. The lowest BCUT2D eigenvalue weighted by Gasteiger charge is -2.31. The number of amides is 2. The van der Waals surface area contributed by atoms with Crippen LogP contribution < -0.4 is 5.32 Å². The van der Waals surface area contributed by atoms with E-state index >= 15 is 0 Å². The number of piperidine rings is 1. The molecule has 1 saturated heterocycles. The van der Waals surface area contributed by atoms with Crippen molar-refractivity contribution in [3.05, 3.63) is 30.1 Å². The molecule has 2 N–H and O–H groups in total. The number of benzene rings is 1. The summed E-state index contributed by atoms with van der Waals surface area (Å²) in [7, 11) is 0. The Labute approximate surface area is 153 Å². The lowest BCUT2D eigenvalue weighted by atomic mass is 9.97. The van der Waals surface area contributed by atoms with Crippen molar-refractivity contribution < 1.29 is 14.3 Å². The molecule has 0 saturated carbocycles. The van der Waals surface area contributed by atoms with E-state index in [-0.39, 0.29) is 17.9 Å². The van der Waals surface area contributed by atoms with Gasteiger partial charge in [0.2, 0.25) is 5.91 Å². The van der Waals surface area contributed by atoms with Gasteiger partial charge < -0.3 is 19.9 Å². The van der Waals surface area contributed by atoms with Gasteiger partial charge in [-0.2, -0.15) is 0 Å². The van der Waals surface area contributed by atoms with Gasteiger partial charge in [0.25, 0.3) is 0 Å². The predicted octanol–water partition coefficient (Wildman–Crippen LogP) is 2.48. The van der Waals surface area contributed by atoms with Gasteiger partial charge in [-0.05, 0) is 38.3 Å². The molecule has 0 spiro atoms. The summed E-state index contributed by atoms with van der Waals surface area (Å²) >= 11 is 0. The summed E-state index contributed by atoms with van der Waals surface area (Å²) in [5.41, 5.74) is 2.00. The fourth-order valence-electron chi connectivity index (χ4n) is 3.31. The number of aryl methyl sites for hydroxylation is 1. The van der Waals surface area contributed by atoms with Crippen molar-refractivity contribution in [2.24, 2.45) is 5.92 Å². The van der Waals surface area contributed by atoms with Gasteiger partial charge in [-0.15, -0.1) is 0 Å². The minimum atomic E-state index is -0.324. The van der Waals surface area contributed by atoms with Gasteiger partial charge in [-0.25, -0.2) is 9.78 Å². The molecule has 1 aromatic carbocycles. The number of nitrogens with one attached hydrogen (secondary N) is 2. The lowest BCUT2D eigenvalue weighted by Crippen LogP contribution is -2.45. The summed E-state index contributed by atoms with van der Waals surface area (Å²) in [5.74, 6) is 0.801. The summed E-state index contributed by atoms with van der Waals surface area (Å²) in [6.45, 7) is 3.84. The molecular weight excluding hydrogens is 332 g/mol. The summed E-state index contributed by atoms with van der Waals surface area (Å²) in [5, 5.41) is 2.99. The first-order valence-electron chi connectivity index (χ1n) is 9.30. The zero-order valence-corrected chi connectivity index (χ0v) is 15.2. The monoisotopic (exact) mass is 358 g/mol. The SMILES string of the molecule is CCOC(=O)N1CCCC(C(=O)NCCCc2nc3ccccc3[nH]2)C1. The normalized spacial score (nSPS) is 17.3. The van der Waals surface area contributed by atoms with E-state index < -0.39 is 0 Å². The molecule has 2 amide bonds. The first kappa shape index (κ1) is 18.2. The number of nitrogens with zero attached hydrogens (tertiary/aromatic N) is 2. The van der Waals surface area contributed by atoms with Crippen LogP contribution in [0.5, 0.6) is 0 Å². The first-order valence-corrected chi connectivity index (χ1v) is 9.30. The third-order valence-corrected chi connectivity index (χ3v) is 4.65. The number of fused-ring (bicyclic) bond motifs is 1. The highest BCUT2D eigenvalue weighted by molar-refractivity contribution is 5.80. The number of aromatic amines is 1. The third kappa shape index (κ3) is 4.53. The summed E-state index contributed by atoms with van der Waals surface area (Å²) in [4.78, 5) is 33.6. The second-order valence-electron chi connectivity index (χ2n) is 6.58. The number of para-hydroxylation sites is 2. The molecule has 140 valence electrons. The Morgan fingerprint density at radius 2 is 2.23 bits per heavy atom. The van der Waals surface area contributed by atoms with Crippen molar-refractivity contribution >= 4 is 23.0 Å². The van der Waals surface area contributed by atoms with E-state index in [2.05, 4.69) is 15.3 Å². The molecule has 2 aromatic rings. The molecule has 1 aliphatic heterocycles. The second kappa shape index (κ2) is 8.69. The Kier molecular flexibility index (Phi) is 6.09. The minimum Gasteiger partial charge on any atom is -0.450 e. The van der Waals surface area contributed by atoms with Crippen molar-refractivity contribution in [3.8, 4) is 0 Å². The third-order valence-electron chi connectivity index (χ3n) is 4.65. The highest BCUT2D eigenvalue weighted by Crippen LogP contribution is 2.17. The topological polar surface area (TPSA) is 87.3 Å². The van der Waals surface area contributed by atoms with Crippen LogP contribution in [-0.4, -0.2) is 53.1 Å². The van der Waals surface area contributed by atoms with E-state index in [0.29, 0.717) is 26.2 Å². The molecule has 1 atom stereocenters. The average Bonchev–Trinajstić information content (AvgIpc) is 3.08. The number of imidazole rings is 1. The van der Waals surface area contributed by atoms with Crippen LogP contribution in [-0.2, 0) is 16.0 Å². The number of ether oxygens (including phenoxy) is 1. The van der Waals surface area contributed by atoms with Crippen molar-refractivity contribution in [3.63, 3.8) is 0 Å². The Morgan fingerprint density at radius 1 is 1.38 bits per heavy atom. The first-order chi connectivity index (χ1) is 12.7. The van der Waals surface area contributed by atoms with Crippen LogP contribution >= 0.6 is 0 Å². The quantitative estimate of drug-likeness (QED) is 0.777. The van der Waals surface area contributed by atoms with Gasteiger partial charge in [0, 0.05) is 26.1 Å². The molecular formula is C19H26N4O3. The Balaban J connectivity index is 1.41. The molecule has 0 aliphatic carbocycles. The van der Waals surface area contributed by atoms with Crippen molar-refractivity contribution in [2.75, 3.05) is 26.2 Å². The number of H-pyrrole nitrogens is 1. The van der Waals surface area contributed by atoms with Crippen LogP contribution in [0.2, 0.25) is 0 Å². The van der Waals surface area contributed by atoms with E-state index in [9.17, 15) is 9.59 Å². The summed E-state index contributed by atoms with van der Waals surface area (Å²) < 4.78 is 5.03. The fourth-order valence-corrected chi connectivity index (χ4v) is 3.31. The molecule has 1 fully saturated rings. The highest BCUT2D eigenvalue weighted by atomic mass is 16.6. The van der Waals surface area contributed by atoms with Gasteiger partial charge >= 0.3 is 6.09 Å². The van der Waals surface area contributed by atoms with Crippen LogP contribution in [0.15, 0.2) is 24.3 Å². The fraction of sp³-hybridized carbons (Fsp3) is 0.526. The van der Waals surface area contributed by atoms with Crippen molar-refractivity contribution in [2.45, 2.75) is 32.6 Å². The molecule has 7 heteroatoms. The molecule has 26 heavy (non-hydrogen) atoms. The summed E-state index contributed by atoms with van der Waals surface area (Å²) in [6.07, 6.45) is 2.92. The molecule has 7 nitrogen and oxygen atoms in total. The number of hydrogen-bond acceptors (Lipinski definition) is 4. The molecule has 0 bridgehead atoms. The van der Waals surface area contributed by atoms with Crippen LogP contribution in [0.25, 0.3) is 11.0 Å². The van der Waals surface area contributed by atoms with Crippen molar-refractivity contribution in [1.29, 1.82) is 0 Å². The lowest BCUT2D eigenvalue weighted by molar-refractivity contribution is -0.126. The van der Waals surface area contributed by atoms with Crippen LogP contribution in [0, 0.1) is 5.92 Å². The van der Waals surface area contributed by atoms with Crippen LogP contribution in [0.3, 0.4) is 0 Å². The Hall–Kier alpha value is -2.57. The molecule has 2 heterocycles. The molecule has 1 aromatic heterocycles. The van der Waals surface area contributed by atoms with E-state index in [1.54, 1.807) is 11.8 Å². The maximum Gasteiger partial charge on any atom is 0.409 e. The molecule has 1 unspecified atom stereocenters. The molecule has 1 aliphatic rings. The Bertz CT molecular complexity index is 725. The standard InChI is InChI=1S/C19H26N4O3/c1-2-26-19(25)23-12-6-7-14(13-23)18(24)20-11-5-10-17-21-15-8-3-4-9-16(15)22-17/h3-4,8-9,14H,2,5-7,10-13H2,1H3,(H,20,24)(H,21,22). The van der Waals surface area contributed by atoms with Crippen LogP contribution in [0.4, 0.5) is 4.79 Å². The van der Waals surface area contributed by atoms with E-state index in [4.69, 9.17) is 4.74 Å². The largest absolute Gasteiger partial charge is 0.450 e. The second-order valence-corrected chi connectivity index (χ2v) is 6.58. The highest BCUT2D eigenvalue weighted by Gasteiger charge is 2.28. The number of likely N-dealkylation sites (tertiary alicyclic amines) is 1. The van der Waals surface area contributed by atoms with E-state index in [1.807, 2.05) is 24.3 Å². The minimum absolute atomic E-state index is 0.0172. The number of hydrogen-bond donors (Lipinski definition) is 2. The van der Waals surface area contributed by atoms with Crippen molar-refractivity contribution in [1.82, 2.24) is 20.2 Å². The zero-order chi connectivity index (χ0) is 18.4. The maximum atomic E-state index is 12.4. The van der Waals surface area contributed by atoms with Gasteiger partial charge in [0.05, 0.1) is 23.6 Å².